The molecule has 0 fully saturated rings. The monoisotopic (exact) mass is 214 g/mol. The number of terminal acetylenes is 1. The highest BCUT2D eigenvalue weighted by Crippen LogP contribution is 2.16. The highest BCUT2D eigenvalue weighted by molar-refractivity contribution is 5.33. The molecule has 0 aliphatic carbocycles. The van der Waals surface area contributed by atoms with Crippen LogP contribution in [0.3, 0.4) is 0 Å². The first-order chi connectivity index (χ1) is 7.75. The average Bonchev–Trinajstić information content (AvgIpc) is 2.29. The average molecular weight is 214 g/mol. The fourth-order valence-electron chi connectivity index (χ4n) is 1.98. The van der Waals surface area contributed by atoms with Crippen molar-refractivity contribution in [2.75, 3.05) is 0 Å². The van der Waals surface area contributed by atoms with Crippen LogP contribution in [0, 0.1) is 26.2 Å². The van der Waals surface area contributed by atoms with Crippen molar-refractivity contribution in [1.82, 2.24) is 0 Å². The molecule has 0 aliphatic heterocycles. The SMILES string of the molecule is C#CCCCCCCc1cccc(C)c1C. The van der Waals surface area contributed by atoms with Gasteiger partial charge in [-0.2, -0.15) is 0 Å². The quantitative estimate of drug-likeness (QED) is 0.485. The van der Waals surface area contributed by atoms with E-state index >= 15 is 0 Å². The van der Waals surface area contributed by atoms with Crippen molar-refractivity contribution in [1.29, 1.82) is 0 Å². The molecule has 0 atom stereocenters. The topological polar surface area (TPSA) is 0 Å². The molecule has 1 aromatic carbocycles. The second-order valence-electron chi connectivity index (χ2n) is 4.48. The first kappa shape index (κ1) is 12.8. The zero-order valence-electron chi connectivity index (χ0n) is 10.6. The van der Waals surface area contributed by atoms with Crippen LogP contribution in [0.4, 0.5) is 0 Å². The van der Waals surface area contributed by atoms with E-state index in [2.05, 4.69) is 38.0 Å². The zero-order chi connectivity index (χ0) is 11.8. The van der Waals surface area contributed by atoms with Gasteiger partial charge in [0, 0.05) is 6.42 Å². The highest BCUT2D eigenvalue weighted by atomic mass is 14.1. The summed E-state index contributed by atoms with van der Waals surface area (Å²) in [6.07, 6.45) is 12.4. The fourth-order valence-corrected chi connectivity index (χ4v) is 1.98. The van der Waals surface area contributed by atoms with Gasteiger partial charge >= 0.3 is 0 Å². The largest absolute Gasteiger partial charge is 0.120 e. The lowest BCUT2D eigenvalue weighted by molar-refractivity contribution is 0.649. The van der Waals surface area contributed by atoms with E-state index in [1.165, 1.54) is 48.8 Å². The van der Waals surface area contributed by atoms with Gasteiger partial charge in [-0.25, -0.2) is 0 Å². The number of hydrogen-bond donors (Lipinski definition) is 0. The van der Waals surface area contributed by atoms with Crippen LogP contribution in [0.5, 0.6) is 0 Å². The van der Waals surface area contributed by atoms with Crippen LogP contribution in [0.15, 0.2) is 18.2 Å². The van der Waals surface area contributed by atoms with Crippen molar-refractivity contribution < 1.29 is 0 Å². The van der Waals surface area contributed by atoms with Crippen LogP contribution in [0.2, 0.25) is 0 Å². The maximum Gasteiger partial charge on any atom is 0.00860 e. The van der Waals surface area contributed by atoms with Crippen LogP contribution in [-0.4, -0.2) is 0 Å². The lowest BCUT2D eigenvalue weighted by Crippen LogP contribution is -1.92. The van der Waals surface area contributed by atoms with Crippen molar-refractivity contribution in [3.63, 3.8) is 0 Å². The number of hydrogen-bond acceptors (Lipinski definition) is 0. The Bertz CT molecular complexity index is 355. The van der Waals surface area contributed by atoms with E-state index in [0.717, 1.165) is 6.42 Å². The Kier molecular flexibility index (Phi) is 5.72. The molecule has 0 saturated heterocycles. The molecule has 0 bridgehead atoms. The number of aryl methyl sites for hydroxylation is 2. The molecule has 1 aromatic rings. The fraction of sp³-hybridized carbons (Fsp3) is 0.500. The number of benzene rings is 1. The van der Waals surface area contributed by atoms with Gasteiger partial charge in [-0.3, -0.25) is 0 Å². The van der Waals surface area contributed by atoms with Gasteiger partial charge in [-0.15, -0.1) is 12.3 Å². The Balaban J connectivity index is 2.27. The number of unbranched alkanes of at least 4 members (excludes halogenated alkanes) is 4. The van der Waals surface area contributed by atoms with Crippen LogP contribution in [0.1, 0.15) is 48.8 Å². The summed E-state index contributed by atoms with van der Waals surface area (Å²) in [5.41, 5.74) is 4.38. The summed E-state index contributed by atoms with van der Waals surface area (Å²) in [4.78, 5) is 0. The molecule has 0 spiro atoms. The van der Waals surface area contributed by atoms with E-state index < -0.39 is 0 Å². The Morgan fingerprint density at radius 2 is 1.81 bits per heavy atom. The lowest BCUT2D eigenvalue weighted by Gasteiger charge is -2.08. The first-order valence-electron chi connectivity index (χ1n) is 6.24. The third-order valence-electron chi connectivity index (χ3n) is 3.23. The van der Waals surface area contributed by atoms with Crippen LogP contribution in [0.25, 0.3) is 0 Å². The molecule has 0 heteroatoms. The molecule has 0 aromatic heterocycles. The molecule has 16 heavy (non-hydrogen) atoms. The van der Waals surface area contributed by atoms with E-state index in [4.69, 9.17) is 6.42 Å². The molecule has 0 saturated carbocycles. The molecule has 0 amide bonds. The molecule has 86 valence electrons. The van der Waals surface area contributed by atoms with Crippen molar-refractivity contribution in [2.24, 2.45) is 0 Å². The maximum atomic E-state index is 5.22. The molecule has 0 aliphatic rings. The molecule has 0 unspecified atom stereocenters. The van der Waals surface area contributed by atoms with E-state index in [1.54, 1.807) is 0 Å². The van der Waals surface area contributed by atoms with Gasteiger partial charge in [0.1, 0.15) is 0 Å². The van der Waals surface area contributed by atoms with Gasteiger partial charge in [0.15, 0.2) is 0 Å². The molecule has 0 heterocycles. The Hall–Kier alpha value is -1.22. The summed E-state index contributed by atoms with van der Waals surface area (Å²) in [6.45, 7) is 4.41. The van der Waals surface area contributed by atoms with Crippen molar-refractivity contribution >= 4 is 0 Å². The van der Waals surface area contributed by atoms with E-state index in [0.29, 0.717) is 0 Å². The van der Waals surface area contributed by atoms with Gasteiger partial charge in [0.2, 0.25) is 0 Å². The van der Waals surface area contributed by atoms with Gasteiger partial charge in [-0.05, 0) is 49.8 Å². The summed E-state index contributed by atoms with van der Waals surface area (Å²) < 4.78 is 0. The van der Waals surface area contributed by atoms with Gasteiger partial charge in [-0.1, -0.05) is 31.0 Å². The normalized spacial score (nSPS) is 10.1. The third-order valence-corrected chi connectivity index (χ3v) is 3.23. The molecule has 0 radical (unpaired) electrons. The smallest absolute Gasteiger partial charge is 0.00860 e. The van der Waals surface area contributed by atoms with Crippen LogP contribution < -0.4 is 0 Å². The standard InChI is InChI=1S/C16H22/c1-4-5-6-7-8-9-12-16-13-10-11-14(2)15(16)3/h1,10-11,13H,5-9,12H2,2-3H3. The Labute approximate surface area is 100 Å². The van der Waals surface area contributed by atoms with Crippen LogP contribution >= 0.6 is 0 Å². The summed E-state index contributed by atoms with van der Waals surface area (Å²) in [6, 6.07) is 6.60. The summed E-state index contributed by atoms with van der Waals surface area (Å²) in [7, 11) is 0. The van der Waals surface area contributed by atoms with Crippen molar-refractivity contribution in [3.8, 4) is 12.3 Å². The Morgan fingerprint density at radius 1 is 1.06 bits per heavy atom. The third kappa shape index (κ3) is 4.11. The predicted molar refractivity (Wildman–Crippen MR) is 71.5 cm³/mol. The first-order valence-corrected chi connectivity index (χ1v) is 6.24. The minimum Gasteiger partial charge on any atom is -0.120 e. The molecular weight excluding hydrogens is 192 g/mol. The minimum atomic E-state index is 0.934. The van der Waals surface area contributed by atoms with E-state index in [-0.39, 0.29) is 0 Å². The highest BCUT2D eigenvalue weighted by Gasteiger charge is 2.00. The zero-order valence-corrected chi connectivity index (χ0v) is 10.6. The van der Waals surface area contributed by atoms with Crippen molar-refractivity contribution in [3.05, 3.63) is 34.9 Å². The summed E-state index contributed by atoms with van der Waals surface area (Å²) in [5, 5.41) is 0. The van der Waals surface area contributed by atoms with Crippen LogP contribution in [-0.2, 0) is 6.42 Å². The number of rotatable bonds is 6. The molecular formula is C16H22. The van der Waals surface area contributed by atoms with Gasteiger partial charge < -0.3 is 0 Å². The molecule has 0 N–H and O–H groups in total. The van der Waals surface area contributed by atoms with E-state index in [1.807, 2.05) is 0 Å². The van der Waals surface area contributed by atoms with Gasteiger partial charge in [0.25, 0.3) is 0 Å². The maximum absolute atomic E-state index is 5.22. The predicted octanol–water partition coefficient (Wildman–Crippen LogP) is 4.43. The molecule has 1 rings (SSSR count). The Morgan fingerprint density at radius 3 is 2.56 bits per heavy atom. The van der Waals surface area contributed by atoms with E-state index in [9.17, 15) is 0 Å². The summed E-state index contributed by atoms with van der Waals surface area (Å²) in [5.74, 6) is 2.69. The van der Waals surface area contributed by atoms with Gasteiger partial charge in [0.05, 0.1) is 0 Å². The van der Waals surface area contributed by atoms with Crippen molar-refractivity contribution in [2.45, 2.75) is 52.4 Å². The minimum absolute atomic E-state index is 0.934. The second kappa shape index (κ2) is 7.12. The lowest BCUT2D eigenvalue weighted by atomic mass is 9.98. The second-order valence-corrected chi connectivity index (χ2v) is 4.48. The summed E-state index contributed by atoms with van der Waals surface area (Å²) >= 11 is 0. The molecule has 0 nitrogen and oxygen atoms in total.